The molecule has 34 heteroatoms. The number of nitrogens with zero attached hydrogens (tertiary/aromatic N) is 6. The van der Waals surface area contributed by atoms with Gasteiger partial charge in [-0.25, -0.2) is 28.0 Å². The zero-order valence-corrected chi connectivity index (χ0v) is 51.8. The highest BCUT2D eigenvalue weighted by molar-refractivity contribution is 9.26. The molecule has 2 aromatic carbocycles. The van der Waals surface area contributed by atoms with Gasteiger partial charge in [-0.05, 0) is 63.8 Å². The van der Waals surface area contributed by atoms with E-state index in [-0.39, 0.29) is 86.6 Å². The van der Waals surface area contributed by atoms with Gasteiger partial charge in [-0.3, -0.25) is 27.8 Å². The molecular weight excluding hydrogens is 1240 g/mol. The summed E-state index contributed by atoms with van der Waals surface area (Å²) in [6.07, 6.45) is 3.53. The molecule has 0 spiro atoms. The Kier molecular flexibility index (Phi) is 19.4. The maximum absolute atomic E-state index is 15.3. The van der Waals surface area contributed by atoms with Crippen LogP contribution in [0.5, 0.6) is 0 Å². The number of ether oxygens (including phenoxy) is 2. The van der Waals surface area contributed by atoms with Crippen LogP contribution >= 0.6 is 45.2 Å². The molecule has 2 saturated heterocycles. The van der Waals surface area contributed by atoms with Gasteiger partial charge in [0.1, 0.15) is 29.5 Å². The highest BCUT2D eigenvalue weighted by Gasteiger charge is 2.61. The lowest BCUT2D eigenvalue weighted by Gasteiger charge is -2.40. The molecule has 4 aromatic rings. The van der Waals surface area contributed by atoms with E-state index in [4.69, 9.17) is 13.8 Å². The lowest BCUT2D eigenvalue weighted by atomic mass is 10.1. The minimum atomic E-state index is -5.58. The van der Waals surface area contributed by atoms with E-state index in [0.717, 1.165) is 42.7 Å². The van der Waals surface area contributed by atoms with Gasteiger partial charge in [0.25, 0.3) is 19.8 Å². The second kappa shape index (κ2) is 24.0. The lowest BCUT2D eigenvalue weighted by molar-refractivity contribution is 0.0566. The van der Waals surface area contributed by atoms with Crippen molar-refractivity contribution in [3.63, 3.8) is 0 Å². The molecule has 2 amide bonds. The van der Waals surface area contributed by atoms with Crippen molar-refractivity contribution in [3.05, 3.63) is 79.9 Å². The van der Waals surface area contributed by atoms with Crippen molar-refractivity contribution in [3.8, 4) is 0 Å². The topological polar surface area (TPSA) is 352 Å². The smallest absolute Gasteiger partial charge is 0.411 e. The van der Waals surface area contributed by atoms with E-state index in [9.17, 15) is 76.8 Å². The molecular formula is C47H65BrF2N6O20P4Si. The summed E-state index contributed by atoms with van der Waals surface area (Å²) >= 11 is 3.51. The largest absolute Gasteiger partial charge is 0.477 e. The molecule has 4 aliphatic rings. The minimum Gasteiger partial charge on any atom is -0.477 e. The number of carbonyl (C=O) groups excluding carboxylic acids is 2. The quantitative estimate of drug-likeness (QED) is 0.0397. The molecule has 2 aromatic heterocycles. The number of benzene rings is 2. The second-order valence-corrected chi connectivity index (χ2v) is 42.7. The maximum Gasteiger partial charge on any atom is 0.411 e. The normalized spacial score (nSPS) is 18.6. The number of halogens is 3. The molecule has 448 valence electrons. The van der Waals surface area contributed by atoms with Crippen molar-refractivity contribution in [2.45, 2.75) is 81.4 Å². The Hall–Kier alpha value is -4.82. The molecule has 2 unspecified atom stereocenters. The third kappa shape index (κ3) is 14.1. The van der Waals surface area contributed by atoms with Crippen molar-refractivity contribution >= 4 is 109 Å². The highest BCUT2D eigenvalue weighted by Crippen LogP contribution is 2.74. The number of carboxylic acid groups (broad SMARTS) is 2. The second-order valence-electron chi connectivity index (χ2n) is 21.0. The van der Waals surface area contributed by atoms with Crippen LogP contribution in [-0.4, -0.2) is 170 Å². The highest BCUT2D eigenvalue weighted by atomic mass is 79.9. The average molecular weight is 1300 g/mol. The first-order valence-electron chi connectivity index (χ1n) is 25.0. The third-order valence-electron chi connectivity index (χ3n) is 14.1. The SMILES string of the molecule is CC(OC(=O)N1CCN(c2cc3c(cc2F)c(=O)c(C(=O)O)cn3C2CC2)CC1)(P(=O)(O)O)P(=O)(O)O.COP(C)(=O)C(C)(OC(=O)N1CCN(c2cc3c(cc2F)c(=O)c(C(=O)O)cn3C2CC2)CC1)P(C)(=O)OC.C[Si](C)(C)Br. The van der Waals surface area contributed by atoms with Gasteiger partial charge >= 0.3 is 44.4 Å². The number of rotatable bonds is 14. The first kappa shape index (κ1) is 65.3. The van der Waals surface area contributed by atoms with Crippen LogP contribution in [0.3, 0.4) is 0 Å². The number of piperazine rings is 2. The van der Waals surface area contributed by atoms with Gasteiger partial charge in [0.05, 0.1) is 22.4 Å². The predicted octanol–water partition coefficient (Wildman–Crippen LogP) is 7.89. The number of carboxylic acids is 2. The van der Waals surface area contributed by atoms with Gasteiger partial charge in [0.2, 0.25) is 10.9 Å². The van der Waals surface area contributed by atoms with E-state index in [1.54, 1.807) is 25.0 Å². The molecule has 2 aliphatic heterocycles. The Morgan fingerprint density at radius 1 is 0.593 bits per heavy atom. The van der Waals surface area contributed by atoms with Crippen molar-refractivity contribution in [1.29, 1.82) is 0 Å². The van der Waals surface area contributed by atoms with Crippen LogP contribution in [0.4, 0.5) is 29.7 Å². The summed E-state index contributed by atoms with van der Waals surface area (Å²) in [4.78, 5) is 117. The number of fused-ring (bicyclic) bond motifs is 2. The number of aromatic nitrogens is 2. The van der Waals surface area contributed by atoms with E-state index in [0.29, 0.717) is 18.0 Å². The van der Waals surface area contributed by atoms with E-state index in [1.165, 1.54) is 57.8 Å². The molecule has 2 atom stereocenters. The molecule has 2 saturated carbocycles. The fourth-order valence-electron chi connectivity index (χ4n) is 8.66. The molecule has 2 aliphatic carbocycles. The van der Waals surface area contributed by atoms with Crippen LogP contribution in [0, 0.1) is 11.6 Å². The summed E-state index contributed by atoms with van der Waals surface area (Å²) in [7, 11) is -16.3. The summed E-state index contributed by atoms with van der Waals surface area (Å²) < 4.78 is 103. The first-order chi connectivity index (χ1) is 37.2. The van der Waals surface area contributed by atoms with Gasteiger partial charge in [0, 0.05) is 115 Å². The standard InChI is InChI=1S/C24H32FN3O9P2.C20H24FN3O11P2.C3H9BrSi/c1-24(38(4,33)35-2,39(5,34)36-3)37-23(32)27-10-8-26(9-11-27)20-13-19-16(12-18(20)25)21(29)17(22(30)31)14-28(19)15-6-7-15;1-20(36(29,30)31,37(32,33)34)35-19(28)23-6-4-22(5-7-23)16-9-15-12(8-14(16)21)17(25)13(18(26)27)10-24(15)11-2-3-11;1-5(2,3)4/h12-15H,6-11H2,1-5H3,(H,30,31);8-11H,2-7H2,1H3,(H,26,27)(H2,29,30,31)(H2,32,33,34);1-3H3. The number of amides is 2. The number of carbonyl (C=O) groups is 4. The average Bonchev–Trinajstić information content (AvgIpc) is 4.34. The van der Waals surface area contributed by atoms with Crippen LogP contribution in [-0.2, 0) is 36.8 Å². The number of hydrogen-bond acceptors (Lipinski definition) is 16. The van der Waals surface area contributed by atoms with Crippen LogP contribution in [0.1, 0.15) is 72.3 Å². The molecule has 0 bridgehead atoms. The number of anilines is 2. The number of pyridine rings is 2. The fraction of sp³-hybridized carbons (Fsp3) is 0.532. The Balaban J connectivity index is 0.000000241. The van der Waals surface area contributed by atoms with Crippen molar-refractivity contribution in [1.82, 2.24) is 18.9 Å². The summed E-state index contributed by atoms with van der Waals surface area (Å²) in [6.45, 7) is 10.5. The van der Waals surface area contributed by atoms with E-state index < -0.39 is 105 Å². The van der Waals surface area contributed by atoms with Gasteiger partial charge < -0.3 is 77.0 Å². The zero-order chi connectivity index (χ0) is 60.9. The van der Waals surface area contributed by atoms with E-state index in [2.05, 4.69) is 39.7 Å². The summed E-state index contributed by atoms with van der Waals surface area (Å²) in [6, 6.07) is 5.03. The van der Waals surface area contributed by atoms with Crippen molar-refractivity contribution < 1.29 is 94.5 Å². The summed E-state index contributed by atoms with van der Waals surface area (Å²) in [5.74, 6) is -4.26. The monoisotopic (exact) mass is 1300 g/mol. The maximum atomic E-state index is 15.3. The Labute approximate surface area is 471 Å². The summed E-state index contributed by atoms with van der Waals surface area (Å²) in [5.41, 5.74) is -1.32. The third-order valence-corrected chi connectivity index (χ3v) is 24.8. The van der Waals surface area contributed by atoms with Gasteiger partial charge in [-0.2, -0.15) is 0 Å². The van der Waals surface area contributed by atoms with Crippen LogP contribution < -0.4 is 20.7 Å². The predicted molar refractivity (Wildman–Crippen MR) is 302 cm³/mol. The van der Waals surface area contributed by atoms with Gasteiger partial charge in [-0.15, -0.1) is 15.3 Å². The van der Waals surface area contributed by atoms with Crippen LogP contribution in [0.15, 0.2) is 46.2 Å². The molecule has 26 nitrogen and oxygen atoms in total. The first-order valence-corrected chi connectivity index (χ1v) is 38.1. The molecule has 4 heterocycles. The van der Waals surface area contributed by atoms with Gasteiger partial charge in [-0.1, -0.05) is 19.6 Å². The van der Waals surface area contributed by atoms with Crippen molar-refractivity contribution in [2.75, 3.05) is 89.7 Å². The van der Waals surface area contributed by atoms with E-state index in [1.807, 2.05) is 0 Å². The van der Waals surface area contributed by atoms with E-state index >= 15 is 8.78 Å². The lowest BCUT2D eigenvalue weighted by Crippen LogP contribution is -2.50. The van der Waals surface area contributed by atoms with Crippen LogP contribution in [0.25, 0.3) is 21.8 Å². The summed E-state index contributed by atoms with van der Waals surface area (Å²) in [5, 5.41) is 13.3. The number of hydrogen-bond donors (Lipinski definition) is 6. The Bertz CT molecular complexity index is 3420. The molecule has 6 N–H and O–H groups in total. The van der Waals surface area contributed by atoms with Gasteiger partial charge in [0.15, 0.2) is 0 Å². The molecule has 0 radical (unpaired) electrons. The zero-order valence-electron chi connectivity index (χ0n) is 45.6. The minimum absolute atomic E-state index is 0.00572. The Morgan fingerprint density at radius 3 is 1.15 bits per heavy atom. The molecule has 81 heavy (non-hydrogen) atoms. The molecule has 4 fully saturated rings. The molecule has 8 rings (SSSR count). The van der Waals surface area contributed by atoms with Crippen LogP contribution in [0.2, 0.25) is 19.6 Å². The fourth-order valence-corrected chi connectivity index (χ4v) is 14.7. The number of aromatic carboxylic acids is 2. The Morgan fingerprint density at radius 2 is 0.889 bits per heavy atom. The van der Waals surface area contributed by atoms with Crippen molar-refractivity contribution in [2.24, 2.45) is 0 Å².